The number of likely N-dealkylation sites (N-methyl/N-ethyl adjacent to an activating group) is 1. The summed E-state index contributed by atoms with van der Waals surface area (Å²) in [5, 5.41) is 3.82. The predicted octanol–water partition coefficient (Wildman–Crippen LogP) is 2.46. The van der Waals surface area contributed by atoms with Crippen LogP contribution in [0.5, 0.6) is 0 Å². The third-order valence-corrected chi connectivity index (χ3v) is 4.25. The van der Waals surface area contributed by atoms with Crippen LogP contribution in [0.15, 0.2) is 36.4 Å². The van der Waals surface area contributed by atoms with Crippen LogP contribution in [0.1, 0.15) is 0 Å². The van der Waals surface area contributed by atoms with E-state index in [-0.39, 0.29) is 0 Å². The van der Waals surface area contributed by atoms with Crippen molar-refractivity contribution in [2.24, 2.45) is 0 Å². The molecule has 1 fully saturated rings. The highest BCUT2D eigenvalue weighted by molar-refractivity contribution is 6.29. The molecular weight excluding hydrogens is 310 g/mol. The molecule has 0 atom stereocenters. The van der Waals surface area contributed by atoms with E-state index in [0.717, 1.165) is 50.6 Å². The van der Waals surface area contributed by atoms with E-state index in [0.29, 0.717) is 11.0 Å². The van der Waals surface area contributed by atoms with Crippen molar-refractivity contribution >= 4 is 17.4 Å². The monoisotopic (exact) mass is 331 g/mol. The van der Waals surface area contributed by atoms with Crippen molar-refractivity contribution in [2.45, 2.75) is 0 Å². The Morgan fingerprint density at radius 1 is 1.09 bits per heavy atom. The lowest BCUT2D eigenvalue weighted by Crippen LogP contribution is -2.45. The first kappa shape index (κ1) is 16.2. The zero-order valence-corrected chi connectivity index (χ0v) is 14.1. The maximum atomic E-state index is 6.14. The van der Waals surface area contributed by atoms with Gasteiger partial charge in [-0.15, -0.1) is 0 Å². The number of rotatable bonds is 5. The zero-order valence-electron chi connectivity index (χ0n) is 13.4. The molecule has 0 aliphatic carbocycles. The quantitative estimate of drug-likeness (QED) is 0.853. The van der Waals surface area contributed by atoms with Crippen LogP contribution in [0.2, 0.25) is 5.15 Å². The summed E-state index contributed by atoms with van der Waals surface area (Å²) in [6.07, 6.45) is 0. The molecule has 3 rings (SSSR count). The van der Waals surface area contributed by atoms with Crippen LogP contribution >= 0.6 is 11.6 Å². The number of hydrogen-bond acceptors (Lipinski definition) is 5. The summed E-state index contributed by atoms with van der Waals surface area (Å²) < 4.78 is 0. The van der Waals surface area contributed by atoms with Gasteiger partial charge in [0, 0.05) is 50.9 Å². The third-order valence-electron chi connectivity index (χ3n) is 4.06. The van der Waals surface area contributed by atoms with Gasteiger partial charge in [-0.25, -0.2) is 9.97 Å². The van der Waals surface area contributed by atoms with Gasteiger partial charge in [0.25, 0.3) is 0 Å². The molecule has 0 saturated carbocycles. The lowest BCUT2D eigenvalue weighted by molar-refractivity contribution is 0.158. The maximum absolute atomic E-state index is 6.14. The minimum absolute atomic E-state index is 0.459. The van der Waals surface area contributed by atoms with Gasteiger partial charge < -0.3 is 10.2 Å². The molecule has 6 heteroatoms. The summed E-state index contributed by atoms with van der Waals surface area (Å²) in [7, 11) is 2.17. The molecule has 1 N–H and O–H groups in total. The number of nitrogens with zero attached hydrogens (tertiary/aromatic N) is 4. The number of piperazine rings is 1. The highest BCUT2D eigenvalue weighted by atomic mass is 35.5. The summed E-state index contributed by atoms with van der Waals surface area (Å²) in [5.74, 6) is 1.43. The topological polar surface area (TPSA) is 44.3 Å². The maximum Gasteiger partial charge on any atom is 0.163 e. The second-order valence-corrected chi connectivity index (χ2v) is 6.22. The average molecular weight is 332 g/mol. The molecule has 1 aromatic heterocycles. The summed E-state index contributed by atoms with van der Waals surface area (Å²) in [6, 6.07) is 11.7. The first-order chi connectivity index (χ1) is 11.2. The number of benzene rings is 1. The molecule has 0 radical (unpaired) electrons. The Morgan fingerprint density at radius 3 is 2.57 bits per heavy atom. The van der Waals surface area contributed by atoms with E-state index in [2.05, 4.69) is 32.1 Å². The van der Waals surface area contributed by atoms with Gasteiger partial charge in [0.2, 0.25) is 0 Å². The lowest BCUT2D eigenvalue weighted by Gasteiger charge is -2.32. The van der Waals surface area contributed by atoms with Crippen LogP contribution in [0.25, 0.3) is 11.4 Å². The number of nitrogens with one attached hydrogen (secondary N) is 1. The number of halogens is 1. The van der Waals surface area contributed by atoms with Crippen LogP contribution in [0.3, 0.4) is 0 Å². The van der Waals surface area contributed by atoms with Crippen LogP contribution in [0.4, 0.5) is 5.82 Å². The molecule has 1 aliphatic rings. The van der Waals surface area contributed by atoms with Crippen LogP contribution < -0.4 is 5.32 Å². The second kappa shape index (κ2) is 7.73. The van der Waals surface area contributed by atoms with Gasteiger partial charge in [-0.2, -0.15) is 0 Å². The summed E-state index contributed by atoms with van der Waals surface area (Å²) in [5.41, 5.74) is 0.970. The molecule has 0 unspecified atom stereocenters. The number of anilines is 1. The van der Waals surface area contributed by atoms with E-state index < -0.39 is 0 Å². The summed E-state index contributed by atoms with van der Waals surface area (Å²) in [6.45, 7) is 6.38. The molecule has 0 bridgehead atoms. The van der Waals surface area contributed by atoms with Gasteiger partial charge in [-0.3, -0.25) is 4.90 Å². The molecule has 2 aromatic rings. The second-order valence-electron chi connectivity index (χ2n) is 5.84. The smallest absolute Gasteiger partial charge is 0.163 e. The van der Waals surface area contributed by atoms with Gasteiger partial charge >= 0.3 is 0 Å². The normalized spacial score (nSPS) is 16.4. The predicted molar refractivity (Wildman–Crippen MR) is 94.9 cm³/mol. The highest BCUT2D eigenvalue weighted by Crippen LogP contribution is 2.19. The van der Waals surface area contributed by atoms with Crippen molar-refractivity contribution in [3.63, 3.8) is 0 Å². The Labute approximate surface area is 142 Å². The fourth-order valence-corrected chi connectivity index (χ4v) is 2.82. The van der Waals surface area contributed by atoms with E-state index in [1.807, 2.05) is 30.3 Å². The Morgan fingerprint density at radius 2 is 1.83 bits per heavy atom. The lowest BCUT2D eigenvalue weighted by atomic mass is 10.2. The minimum Gasteiger partial charge on any atom is -0.369 e. The van der Waals surface area contributed by atoms with E-state index in [1.165, 1.54) is 0 Å². The van der Waals surface area contributed by atoms with Crippen molar-refractivity contribution in [3.8, 4) is 11.4 Å². The molecule has 2 heterocycles. The average Bonchev–Trinajstić information content (AvgIpc) is 2.57. The van der Waals surface area contributed by atoms with Crippen molar-refractivity contribution in [2.75, 3.05) is 51.6 Å². The largest absolute Gasteiger partial charge is 0.369 e. The molecule has 5 nitrogen and oxygen atoms in total. The van der Waals surface area contributed by atoms with Gasteiger partial charge in [0.1, 0.15) is 11.0 Å². The van der Waals surface area contributed by atoms with Gasteiger partial charge in [-0.05, 0) is 7.05 Å². The molecule has 122 valence electrons. The third kappa shape index (κ3) is 4.64. The first-order valence-electron chi connectivity index (χ1n) is 7.95. The van der Waals surface area contributed by atoms with E-state index in [1.54, 1.807) is 6.07 Å². The van der Waals surface area contributed by atoms with Crippen molar-refractivity contribution in [1.29, 1.82) is 0 Å². The van der Waals surface area contributed by atoms with Crippen LogP contribution in [0, 0.1) is 0 Å². The Bertz CT molecular complexity index is 626. The minimum atomic E-state index is 0.459. The van der Waals surface area contributed by atoms with Gasteiger partial charge in [0.05, 0.1) is 0 Å². The molecule has 0 spiro atoms. The van der Waals surface area contributed by atoms with Crippen LogP contribution in [-0.4, -0.2) is 66.1 Å². The Balaban J connectivity index is 1.59. The zero-order chi connectivity index (χ0) is 16.1. The van der Waals surface area contributed by atoms with E-state index >= 15 is 0 Å². The van der Waals surface area contributed by atoms with Crippen LogP contribution in [-0.2, 0) is 0 Å². The Hall–Kier alpha value is -1.69. The SMILES string of the molecule is CN1CCN(CCNc2cc(Cl)nc(-c3ccccc3)n2)CC1. The fraction of sp³-hybridized carbons (Fsp3) is 0.412. The number of hydrogen-bond donors (Lipinski definition) is 1. The summed E-state index contributed by atoms with van der Waals surface area (Å²) in [4.78, 5) is 13.7. The molecule has 0 amide bonds. The van der Waals surface area contributed by atoms with Crippen molar-refractivity contribution < 1.29 is 0 Å². The molecule has 1 aromatic carbocycles. The standard InChI is InChI=1S/C17H22ClN5/c1-22-9-11-23(12-10-22)8-7-19-16-13-15(18)20-17(21-16)14-5-3-2-4-6-14/h2-6,13H,7-12H2,1H3,(H,19,20,21). The Kier molecular flexibility index (Phi) is 5.43. The van der Waals surface area contributed by atoms with E-state index in [9.17, 15) is 0 Å². The van der Waals surface area contributed by atoms with Gasteiger partial charge in [-0.1, -0.05) is 41.9 Å². The van der Waals surface area contributed by atoms with E-state index in [4.69, 9.17) is 11.6 Å². The molecule has 23 heavy (non-hydrogen) atoms. The number of aromatic nitrogens is 2. The molecule has 1 saturated heterocycles. The fourth-order valence-electron chi connectivity index (χ4n) is 2.64. The van der Waals surface area contributed by atoms with Crippen molar-refractivity contribution in [1.82, 2.24) is 19.8 Å². The van der Waals surface area contributed by atoms with Gasteiger partial charge in [0.15, 0.2) is 5.82 Å². The van der Waals surface area contributed by atoms with Crippen molar-refractivity contribution in [3.05, 3.63) is 41.6 Å². The summed E-state index contributed by atoms with van der Waals surface area (Å²) >= 11 is 6.14. The first-order valence-corrected chi connectivity index (χ1v) is 8.33. The molecule has 1 aliphatic heterocycles. The highest BCUT2D eigenvalue weighted by Gasteiger charge is 2.13. The molecular formula is C17H22ClN5.